The third kappa shape index (κ3) is 4.45. The van der Waals surface area contributed by atoms with Crippen LogP contribution < -0.4 is 19.5 Å². The van der Waals surface area contributed by atoms with Crippen LogP contribution in [0, 0.1) is 11.3 Å². The zero-order valence-corrected chi connectivity index (χ0v) is 20.6. The first kappa shape index (κ1) is 23.0. The standard InChI is InChI=1S/C28H31N5O3/c1-34-23-4-5-26-25(13-23)24(18(14-29)15-32-26)6-7-33-21-2-3-22(33)11-19(10-21)30-16-20-12-27-28(17-31-20)36-9-8-35-27/h4-5,12-13,15,17,19,21-22,30H,2-3,6-11,16H2,1H3. The number of methoxy groups -OCH3 is 1. The summed E-state index contributed by atoms with van der Waals surface area (Å²) in [6.07, 6.45) is 9.06. The summed E-state index contributed by atoms with van der Waals surface area (Å²) in [6.45, 7) is 2.86. The molecule has 6 rings (SSSR count). The highest BCUT2D eigenvalue weighted by molar-refractivity contribution is 5.85. The van der Waals surface area contributed by atoms with E-state index >= 15 is 0 Å². The van der Waals surface area contributed by atoms with Crippen LogP contribution in [0.25, 0.3) is 10.9 Å². The highest BCUT2D eigenvalue weighted by Crippen LogP contribution is 2.37. The van der Waals surface area contributed by atoms with Crippen LogP contribution in [-0.4, -0.2) is 59.9 Å². The van der Waals surface area contributed by atoms with E-state index in [2.05, 4.69) is 26.3 Å². The number of nitriles is 1. The van der Waals surface area contributed by atoms with E-state index in [1.807, 2.05) is 24.3 Å². The average Bonchev–Trinajstić information content (AvgIpc) is 3.16. The first-order chi connectivity index (χ1) is 17.7. The van der Waals surface area contributed by atoms with Gasteiger partial charge in [0.1, 0.15) is 25.0 Å². The predicted molar refractivity (Wildman–Crippen MR) is 135 cm³/mol. The summed E-state index contributed by atoms with van der Waals surface area (Å²) in [5.74, 6) is 2.32. The van der Waals surface area contributed by atoms with Crippen molar-refractivity contribution in [3.8, 4) is 23.3 Å². The molecule has 1 aromatic carbocycles. The highest BCUT2D eigenvalue weighted by Gasteiger charge is 2.40. The lowest BCUT2D eigenvalue weighted by atomic mass is 9.95. The normalized spacial score (nSPS) is 22.9. The molecule has 8 heteroatoms. The topological polar surface area (TPSA) is 92.5 Å². The number of nitrogens with one attached hydrogen (secondary N) is 1. The van der Waals surface area contributed by atoms with E-state index in [0.29, 0.717) is 36.9 Å². The third-order valence-electron chi connectivity index (χ3n) is 7.87. The minimum Gasteiger partial charge on any atom is -0.497 e. The van der Waals surface area contributed by atoms with E-state index in [4.69, 9.17) is 14.2 Å². The van der Waals surface area contributed by atoms with Crippen LogP contribution in [0.5, 0.6) is 17.2 Å². The van der Waals surface area contributed by atoms with Crippen molar-refractivity contribution in [3.63, 3.8) is 0 Å². The van der Waals surface area contributed by atoms with Crippen molar-refractivity contribution in [1.29, 1.82) is 5.26 Å². The molecule has 2 fully saturated rings. The quantitative estimate of drug-likeness (QED) is 0.543. The van der Waals surface area contributed by atoms with Crippen molar-refractivity contribution in [2.45, 2.75) is 56.8 Å². The van der Waals surface area contributed by atoms with Crippen LogP contribution in [0.3, 0.4) is 0 Å². The van der Waals surface area contributed by atoms with Gasteiger partial charge in [-0.05, 0) is 55.9 Å². The monoisotopic (exact) mass is 485 g/mol. The fraction of sp³-hybridized carbons (Fsp3) is 0.464. The molecule has 8 nitrogen and oxygen atoms in total. The second-order valence-electron chi connectivity index (χ2n) is 9.89. The minimum atomic E-state index is 0.481. The van der Waals surface area contributed by atoms with E-state index in [9.17, 15) is 5.26 Å². The number of pyridine rings is 2. The van der Waals surface area contributed by atoms with Crippen LogP contribution >= 0.6 is 0 Å². The Kier molecular flexibility index (Phi) is 6.34. The van der Waals surface area contributed by atoms with Crippen LogP contribution in [-0.2, 0) is 13.0 Å². The van der Waals surface area contributed by atoms with E-state index in [0.717, 1.165) is 71.8 Å². The second-order valence-corrected chi connectivity index (χ2v) is 9.89. The van der Waals surface area contributed by atoms with Crippen molar-refractivity contribution >= 4 is 10.9 Å². The number of ether oxygens (including phenoxy) is 3. The molecule has 0 radical (unpaired) electrons. The molecule has 3 aliphatic heterocycles. The van der Waals surface area contributed by atoms with Crippen LogP contribution in [0.2, 0.25) is 0 Å². The lowest BCUT2D eigenvalue weighted by molar-refractivity contribution is 0.118. The van der Waals surface area contributed by atoms with Crippen molar-refractivity contribution in [2.24, 2.45) is 0 Å². The fourth-order valence-corrected chi connectivity index (χ4v) is 6.10. The molecule has 0 saturated carbocycles. The molecule has 0 amide bonds. The molecule has 1 N–H and O–H groups in total. The summed E-state index contributed by atoms with van der Waals surface area (Å²) in [5.41, 5.74) is 3.62. The van der Waals surface area contributed by atoms with Gasteiger partial charge in [-0.15, -0.1) is 0 Å². The second kappa shape index (κ2) is 9.92. The number of rotatable bonds is 7. The van der Waals surface area contributed by atoms with E-state index in [1.54, 1.807) is 19.5 Å². The lowest BCUT2D eigenvalue weighted by Crippen LogP contribution is -2.49. The molecule has 0 aliphatic carbocycles. The number of nitrogens with zero attached hydrogens (tertiary/aromatic N) is 4. The highest BCUT2D eigenvalue weighted by atomic mass is 16.6. The summed E-state index contributed by atoms with van der Waals surface area (Å²) in [6, 6.07) is 11.9. The van der Waals surface area contributed by atoms with Gasteiger partial charge in [0.05, 0.1) is 30.1 Å². The number of aromatic nitrogens is 2. The average molecular weight is 486 g/mol. The molecular weight excluding hydrogens is 454 g/mol. The van der Waals surface area contributed by atoms with Crippen molar-refractivity contribution in [1.82, 2.24) is 20.2 Å². The lowest BCUT2D eigenvalue weighted by Gasteiger charge is -2.39. The van der Waals surface area contributed by atoms with Gasteiger partial charge in [0.2, 0.25) is 0 Å². The van der Waals surface area contributed by atoms with Crippen molar-refractivity contribution in [2.75, 3.05) is 26.9 Å². The molecule has 2 aromatic heterocycles. The summed E-state index contributed by atoms with van der Waals surface area (Å²) in [7, 11) is 1.67. The molecular formula is C28H31N5O3. The van der Waals surface area contributed by atoms with Gasteiger partial charge >= 0.3 is 0 Å². The number of benzene rings is 1. The zero-order valence-electron chi connectivity index (χ0n) is 20.6. The van der Waals surface area contributed by atoms with Crippen LogP contribution in [0.1, 0.15) is 42.5 Å². The van der Waals surface area contributed by atoms with E-state index < -0.39 is 0 Å². The summed E-state index contributed by atoms with van der Waals surface area (Å²) in [4.78, 5) is 11.7. The SMILES string of the molecule is COc1ccc2ncc(C#N)c(CCN3C4CCC3CC(NCc3cc5c(cn3)OCCO5)C4)c2c1. The number of fused-ring (bicyclic) bond motifs is 4. The molecule has 5 heterocycles. The smallest absolute Gasteiger partial charge is 0.179 e. The molecule has 186 valence electrons. The van der Waals surface area contributed by atoms with Gasteiger partial charge in [0.15, 0.2) is 11.5 Å². The Labute approximate surface area is 211 Å². The molecule has 2 bridgehead atoms. The van der Waals surface area contributed by atoms with Gasteiger partial charge in [0, 0.05) is 48.9 Å². The minimum absolute atomic E-state index is 0.481. The van der Waals surface area contributed by atoms with Crippen LogP contribution in [0.4, 0.5) is 0 Å². The largest absolute Gasteiger partial charge is 0.497 e. The van der Waals surface area contributed by atoms with Gasteiger partial charge in [-0.3, -0.25) is 14.9 Å². The summed E-state index contributed by atoms with van der Waals surface area (Å²) < 4.78 is 16.7. The van der Waals surface area contributed by atoms with Crippen LogP contribution in [0.15, 0.2) is 36.7 Å². The first-order valence-corrected chi connectivity index (χ1v) is 12.8. The van der Waals surface area contributed by atoms with Gasteiger partial charge in [-0.1, -0.05) is 0 Å². The Morgan fingerprint density at radius 3 is 2.67 bits per heavy atom. The molecule has 36 heavy (non-hydrogen) atoms. The summed E-state index contributed by atoms with van der Waals surface area (Å²) >= 11 is 0. The maximum absolute atomic E-state index is 9.75. The Morgan fingerprint density at radius 2 is 1.89 bits per heavy atom. The summed E-state index contributed by atoms with van der Waals surface area (Å²) in [5, 5.41) is 14.5. The molecule has 3 aromatic rings. The Balaban J connectivity index is 1.10. The van der Waals surface area contributed by atoms with E-state index in [-0.39, 0.29) is 0 Å². The number of piperidine rings is 1. The Morgan fingerprint density at radius 1 is 1.08 bits per heavy atom. The predicted octanol–water partition coefficient (Wildman–Crippen LogP) is 3.61. The Bertz CT molecular complexity index is 1290. The van der Waals surface area contributed by atoms with Gasteiger partial charge in [-0.25, -0.2) is 0 Å². The van der Waals surface area contributed by atoms with E-state index in [1.165, 1.54) is 12.8 Å². The fourth-order valence-electron chi connectivity index (χ4n) is 6.10. The van der Waals surface area contributed by atoms with Gasteiger partial charge in [-0.2, -0.15) is 5.26 Å². The van der Waals surface area contributed by atoms with Gasteiger partial charge in [0.25, 0.3) is 0 Å². The van der Waals surface area contributed by atoms with Crippen molar-refractivity contribution in [3.05, 3.63) is 53.5 Å². The molecule has 3 aliphatic rings. The molecule has 2 unspecified atom stereocenters. The number of hydrogen-bond acceptors (Lipinski definition) is 8. The molecule has 0 spiro atoms. The van der Waals surface area contributed by atoms with Gasteiger partial charge < -0.3 is 19.5 Å². The molecule has 2 saturated heterocycles. The first-order valence-electron chi connectivity index (χ1n) is 12.8. The number of hydrogen-bond donors (Lipinski definition) is 1. The van der Waals surface area contributed by atoms with Crippen molar-refractivity contribution < 1.29 is 14.2 Å². The Hall–Kier alpha value is -3.41. The maximum Gasteiger partial charge on any atom is 0.179 e. The zero-order chi connectivity index (χ0) is 24.5. The molecule has 2 atom stereocenters. The maximum atomic E-state index is 9.75. The third-order valence-corrected chi connectivity index (χ3v) is 7.87.